The van der Waals surface area contributed by atoms with E-state index < -0.39 is 11.1 Å². The molecule has 1 aromatic carbocycles. The Hall–Kier alpha value is 0.320. The zero-order chi connectivity index (χ0) is 9.30. The van der Waals surface area contributed by atoms with E-state index in [1.165, 1.54) is 6.07 Å². The second kappa shape index (κ2) is 4.02. The molecule has 0 spiro atoms. The van der Waals surface area contributed by atoms with Crippen LogP contribution >= 0.6 is 50.1 Å². The van der Waals surface area contributed by atoms with Gasteiger partial charge in [-0.1, -0.05) is 0 Å². The fraction of sp³-hybridized carbons (Fsp3) is 0. The van der Waals surface area contributed by atoms with Crippen LogP contribution in [0, 0.1) is 9.39 Å². The SMILES string of the molecule is O=C(Cl)c1cc(I)cc(Br)c1F. The number of hydrogen-bond acceptors (Lipinski definition) is 1. The maximum atomic E-state index is 13.1. The molecule has 0 atom stereocenters. The van der Waals surface area contributed by atoms with Crippen molar-refractivity contribution in [2.75, 3.05) is 0 Å². The molecule has 0 aliphatic heterocycles. The van der Waals surface area contributed by atoms with Gasteiger partial charge in [0.2, 0.25) is 0 Å². The first-order valence-corrected chi connectivity index (χ1v) is 5.11. The van der Waals surface area contributed by atoms with Crippen molar-refractivity contribution >= 4 is 55.4 Å². The van der Waals surface area contributed by atoms with E-state index >= 15 is 0 Å². The molecule has 0 heterocycles. The van der Waals surface area contributed by atoms with Crippen LogP contribution in [0.15, 0.2) is 16.6 Å². The number of carbonyl (C=O) groups is 1. The second-order valence-electron chi connectivity index (χ2n) is 2.02. The van der Waals surface area contributed by atoms with E-state index in [4.69, 9.17) is 11.6 Å². The summed E-state index contributed by atoms with van der Waals surface area (Å²) in [5, 5.41) is -0.785. The van der Waals surface area contributed by atoms with Crippen molar-refractivity contribution in [1.29, 1.82) is 0 Å². The van der Waals surface area contributed by atoms with E-state index in [1.54, 1.807) is 6.07 Å². The summed E-state index contributed by atoms with van der Waals surface area (Å²) in [5.41, 5.74) is -0.101. The van der Waals surface area contributed by atoms with Crippen molar-refractivity contribution in [1.82, 2.24) is 0 Å². The van der Waals surface area contributed by atoms with Gasteiger partial charge < -0.3 is 0 Å². The Kier molecular flexibility index (Phi) is 3.48. The Morgan fingerprint density at radius 3 is 2.67 bits per heavy atom. The topological polar surface area (TPSA) is 17.1 Å². The van der Waals surface area contributed by atoms with Crippen molar-refractivity contribution in [2.45, 2.75) is 0 Å². The smallest absolute Gasteiger partial charge is 0.255 e. The lowest BCUT2D eigenvalue weighted by Crippen LogP contribution is -1.96. The van der Waals surface area contributed by atoms with Crippen LogP contribution in [0.5, 0.6) is 0 Å². The minimum absolute atomic E-state index is 0.101. The molecule has 0 aliphatic carbocycles. The number of carbonyl (C=O) groups excluding carboxylic acids is 1. The third-order valence-electron chi connectivity index (χ3n) is 1.20. The Bertz CT molecular complexity index is 342. The van der Waals surface area contributed by atoms with Gasteiger partial charge >= 0.3 is 0 Å². The Morgan fingerprint density at radius 2 is 2.17 bits per heavy atom. The van der Waals surface area contributed by atoms with Crippen LogP contribution in [0.1, 0.15) is 10.4 Å². The normalized spacial score (nSPS) is 10.0. The number of hydrogen-bond donors (Lipinski definition) is 0. The highest BCUT2D eigenvalue weighted by atomic mass is 127. The molecule has 0 aromatic heterocycles. The summed E-state index contributed by atoms with van der Waals surface area (Å²) in [5.74, 6) is -0.615. The Balaban J connectivity index is 3.37. The van der Waals surface area contributed by atoms with Crippen LogP contribution in [0.4, 0.5) is 4.39 Å². The van der Waals surface area contributed by atoms with Gasteiger partial charge in [0, 0.05) is 3.57 Å². The third kappa shape index (κ3) is 2.17. The summed E-state index contributed by atoms with van der Waals surface area (Å²) in [6, 6.07) is 2.97. The maximum absolute atomic E-state index is 13.1. The van der Waals surface area contributed by atoms with Crippen LogP contribution in [0.25, 0.3) is 0 Å². The minimum atomic E-state index is -0.785. The number of halogens is 4. The van der Waals surface area contributed by atoms with Crippen molar-refractivity contribution in [3.63, 3.8) is 0 Å². The van der Waals surface area contributed by atoms with Gasteiger partial charge in [-0.2, -0.15) is 0 Å². The van der Waals surface area contributed by atoms with Gasteiger partial charge in [-0.15, -0.1) is 0 Å². The molecule has 12 heavy (non-hydrogen) atoms. The zero-order valence-corrected chi connectivity index (χ0v) is 10.1. The third-order valence-corrected chi connectivity index (χ3v) is 2.61. The van der Waals surface area contributed by atoms with Gasteiger partial charge in [0.25, 0.3) is 5.24 Å². The fourth-order valence-corrected chi connectivity index (χ4v) is 2.35. The second-order valence-corrected chi connectivity index (χ2v) is 4.47. The van der Waals surface area contributed by atoms with Crippen LogP contribution < -0.4 is 0 Å². The fourth-order valence-electron chi connectivity index (χ4n) is 0.699. The lowest BCUT2D eigenvalue weighted by molar-refractivity contribution is 0.107. The molecule has 0 bridgehead atoms. The Morgan fingerprint density at radius 1 is 1.58 bits per heavy atom. The monoisotopic (exact) mass is 362 g/mol. The van der Waals surface area contributed by atoms with E-state index in [0.29, 0.717) is 0 Å². The average Bonchev–Trinajstić information content (AvgIpc) is 1.96. The molecule has 0 radical (unpaired) electrons. The van der Waals surface area contributed by atoms with Crippen LogP contribution in [0.2, 0.25) is 0 Å². The van der Waals surface area contributed by atoms with E-state index in [2.05, 4.69) is 15.9 Å². The lowest BCUT2D eigenvalue weighted by atomic mass is 10.2. The first-order chi connectivity index (χ1) is 5.52. The maximum Gasteiger partial charge on any atom is 0.255 e. The molecule has 0 amide bonds. The molecule has 0 unspecified atom stereocenters. The molecule has 0 aliphatic rings. The molecule has 1 aromatic rings. The quantitative estimate of drug-likeness (QED) is 0.424. The summed E-state index contributed by atoms with van der Waals surface area (Å²) < 4.78 is 14.1. The molecule has 0 saturated carbocycles. The van der Waals surface area contributed by atoms with Crippen molar-refractivity contribution in [3.8, 4) is 0 Å². The molecule has 1 rings (SSSR count). The predicted molar refractivity (Wildman–Crippen MR) is 57.0 cm³/mol. The Labute approximate surface area is 95.6 Å². The highest BCUT2D eigenvalue weighted by Crippen LogP contribution is 2.23. The van der Waals surface area contributed by atoms with Gasteiger partial charge in [-0.05, 0) is 62.3 Å². The highest BCUT2D eigenvalue weighted by Gasteiger charge is 2.12. The van der Waals surface area contributed by atoms with Gasteiger partial charge in [-0.3, -0.25) is 4.79 Å². The summed E-state index contributed by atoms with van der Waals surface area (Å²) in [7, 11) is 0. The molecule has 0 N–H and O–H groups in total. The van der Waals surface area contributed by atoms with Gasteiger partial charge in [0.15, 0.2) is 0 Å². The standard InChI is InChI=1S/C7H2BrClFIO/c8-5-2-3(11)1-4(6(5)10)7(9)12/h1-2H. The molecule has 1 nitrogen and oxygen atoms in total. The predicted octanol–water partition coefficient (Wildman–Crippen LogP) is 3.57. The van der Waals surface area contributed by atoms with Crippen LogP contribution in [-0.4, -0.2) is 5.24 Å². The number of benzene rings is 1. The summed E-state index contributed by atoms with van der Waals surface area (Å²) in [4.78, 5) is 10.7. The van der Waals surface area contributed by atoms with E-state index in [0.717, 1.165) is 3.57 Å². The number of rotatable bonds is 1. The zero-order valence-electron chi connectivity index (χ0n) is 5.57. The van der Waals surface area contributed by atoms with Crippen molar-refractivity contribution in [2.24, 2.45) is 0 Å². The highest BCUT2D eigenvalue weighted by molar-refractivity contribution is 14.1. The van der Waals surface area contributed by atoms with E-state index in [1.807, 2.05) is 22.6 Å². The van der Waals surface area contributed by atoms with Gasteiger partial charge in [0.05, 0.1) is 10.0 Å². The first kappa shape index (κ1) is 10.4. The van der Waals surface area contributed by atoms with Crippen molar-refractivity contribution in [3.05, 3.63) is 31.6 Å². The first-order valence-electron chi connectivity index (χ1n) is 2.86. The van der Waals surface area contributed by atoms with Crippen molar-refractivity contribution < 1.29 is 9.18 Å². The average molecular weight is 363 g/mol. The van der Waals surface area contributed by atoms with Crippen LogP contribution in [0.3, 0.4) is 0 Å². The van der Waals surface area contributed by atoms with Gasteiger partial charge in [0.1, 0.15) is 5.82 Å². The molecule has 0 fully saturated rings. The van der Waals surface area contributed by atoms with E-state index in [9.17, 15) is 9.18 Å². The van der Waals surface area contributed by atoms with E-state index in [-0.39, 0.29) is 10.0 Å². The summed E-state index contributed by atoms with van der Waals surface area (Å²) >= 11 is 10.1. The van der Waals surface area contributed by atoms with Crippen LogP contribution in [-0.2, 0) is 0 Å². The molecule has 5 heteroatoms. The summed E-state index contributed by atoms with van der Waals surface area (Å²) in [6.07, 6.45) is 0. The van der Waals surface area contributed by atoms with Gasteiger partial charge in [-0.25, -0.2) is 4.39 Å². The molecule has 64 valence electrons. The molecular weight excluding hydrogens is 361 g/mol. The largest absolute Gasteiger partial charge is 0.275 e. The lowest BCUT2D eigenvalue weighted by Gasteiger charge is -2.00. The summed E-state index contributed by atoms with van der Waals surface area (Å²) in [6.45, 7) is 0. The molecule has 0 saturated heterocycles. The molecular formula is C7H2BrClFIO. The minimum Gasteiger partial charge on any atom is -0.275 e.